The van der Waals surface area contributed by atoms with Gasteiger partial charge in [0.1, 0.15) is 5.54 Å². The van der Waals surface area contributed by atoms with Crippen molar-refractivity contribution in [2.45, 2.75) is 43.7 Å². The van der Waals surface area contributed by atoms with Gasteiger partial charge < -0.3 is 15.8 Å². The summed E-state index contributed by atoms with van der Waals surface area (Å²) in [7, 11) is 1.48. The third kappa shape index (κ3) is 3.42. The minimum atomic E-state index is -0.930. The van der Waals surface area contributed by atoms with Gasteiger partial charge >= 0.3 is 0 Å². The number of carbonyl (C=O) groups excluding carboxylic acids is 2. The van der Waals surface area contributed by atoms with E-state index in [1.165, 1.54) is 7.11 Å². The molecule has 1 aliphatic rings. The average molecular weight is 290 g/mol. The van der Waals surface area contributed by atoms with Gasteiger partial charge in [-0.15, -0.1) is 0 Å². The molecule has 0 bridgehead atoms. The molecule has 21 heavy (non-hydrogen) atoms. The van der Waals surface area contributed by atoms with Crippen molar-refractivity contribution in [2.24, 2.45) is 5.73 Å². The molecule has 1 fully saturated rings. The second-order valence-corrected chi connectivity index (χ2v) is 5.52. The number of primary amides is 1. The van der Waals surface area contributed by atoms with Crippen molar-refractivity contribution < 1.29 is 14.3 Å². The third-order valence-electron chi connectivity index (χ3n) is 4.12. The minimum absolute atomic E-state index is 0.315. The van der Waals surface area contributed by atoms with Crippen molar-refractivity contribution in [2.75, 3.05) is 7.11 Å². The predicted molar refractivity (Wildman–Crippen MR) is 79.3 cm³/mol. The highest BCUT2D eigenvalue weighted by molar-refractivity contribution is 5.92. The topological polar surface area (TPSA) is 81.4 Å². The van der Waals surface area contributed by atoms with Gasteiger partial charge in [-0.1, -0.05) is 49.6 Å². The first-order chi connectivity index (χ1) is 10.1. The summed E-state index contributed by atoms with van der Waals surface area (Å²) >= 11 is 0. The zero-order valence-electron chi connectivity index (χ0n) is 12.3. The van der Waals surface area contributed by atoms with Crippen LogP contribution >= 0.6 is 0 Å². The van der Waals surface area contributed by atoms with Gasteiger partial charge in [-0.25, -0.2) is 0 Å². The Morgan fingerprint density at radius 1 is 1.19 bits per heavy atom. The standard InChI is InChI=1S/C16H22N2O3/c1-21-13(12-8-4-2-5-9-12)14(19)18-16(15(17)20)10-6-3-7-11-16/h2,4-5,8-9,13H,3,6-7,10-11H2,1H3,(H2,17,20)(H,18,19). The van der Waals surface area contributed by atoms with Crippen LogP contribution in [-0.2, 0) is 14.3 Å². The van der Waals surface area contributed by atoms with Gasteiger partial charge in [-0.3, -0.25) is 9.59 Å². The quantitative estimate of drug-likeness (QED) is 0.865. The average Bonchev–Trinajstić information content (AvgIpc) is 2.50. The van der Waals surface area contributed by atoms with E-state index in [4.69, 9.17) is 10.5 Å². The summed E-state index contributed by atoms with van der Waals surface area (Å²) in [5, 5.41) is 2.84. The fourth-order valence-electron chi connectivity index (χ4n) is 2.91. The van der Waals surface area contributed by atoms with Crippen molar-refractivity contribution in [1.29, 1.82) is 0 Å². The number of ether oxygens (including phenoxy) is 1. The minimum Gasteiger partial charge on any atom is -0.368 e. The molecule has 0 saturated heterocycles. The molecule has 2 rings (SSSR count). The largest absolute Gasteiger partial charge is 0.368 e. The van der Waals surface area contributed by atoms with Crippen LogP contribution in [0.5, 0.6) is 0 Å². The van der Waals surface area contributed by atoms with E-state index in [1.807, 2.05) is 30.3 Å². The van der Waals surface area contributed by atoms with Gasteiger partial charge in [0.05, 0.1) is 0 Å². The van der Waals surface area contributed by atoms with Crippen LogP contribution in [0.25, 0.3) is 0 Å². The first kappa shape index (κ1) is 15.5. The van der Waals surface area contributed by atoms with Gasteiger partial charge in [-0.05, 0) is 18.4 Å². The molecule has 1 aromatic carbocycles. The van der Waals surface area contributed by atoms with Gasteiger partial charge in [0.2, 0.25) is 5.91 Å². The normalized spacial score (nSPS) is 18.7. The number of benzene rings is 1. The number of nitrogens with two attached hydrogens (primary N) is 1. The number of carbonyl (C=O) groups is 2. The molecule has 1 atom stereocenters. The lowest BCUT2D eigenvalue weighted by Crippen LogP contribution is -2.59. The number of hydrogen-bond acceptors (Lipinski definition) is 3. The lowest BCUT2D eigenvalue weighted by Gasteiger charge is -2.36. The summed E-state index contributed by atoms with van der Waals surface area (Å²) in [4.78, 5) is 24.3. The summed E-state index contributed by atoms with van der Waals surface area (Å²) in [6.07, 6.45) is 3.32. The number of methoxy groups -OCH3 is 1. The second kappa shape index (κ2) is 6.72. The zero-order valence-corrected chi connectivity index (χ0v) is 12.3. The van der Waals surface area contributed by atoms with E-state index in [-0.39, 0.29) is 5.91 Å². The molecule has 5 heteroatoms. The Kier molecular flexibility index (Phi) is 4.96. The molecule has 3 N–H and O–H groups in total. The lowest BCUT2D eigenvalue weighted by molar-refractivity contribution is -0.139. The first-order valence-electron chi connectivity index (χ1n) is 7.29. The van der Waals surface area contributed by atoms with Crippen LogP contribution in [0, 0.1) is 0 Å². The van der Waals surface area contributed by atoms with E-state index < -0.39 is 17.6 Å². The van der Waals surface area contributed by atoms with Gasteiger partial charge in [0.15, 0.2) is 6.10 Å². The second-order valence-electron chi connectivity index (χ2n) is 5.52. The molecule has 0 aromatic heterocycles. The van der Waals surface area contributed by atoms with Gasteiger partial charge in [-0.2, -0.15) is 0 Å². The fraction of sp³-hybridized carbons (Fsp3) is 0.500. The molecule has 114 valence electrons. The molecule has 0 spiro atoms. The fourth-order valence-corrected chi connectivity index (χ4v) is 2.91. The zero-order chi connectivity index (χ0) is 15.3. The lowest BCUT2D eigenvalue weighted by atomic mass is 9.81. The van der Waals surface area contributed by atoms with Gasteiger partial charge in [0.25, 0.3) is 5.91 Å². The highest BCUT2D eigenvalue weighted by Gasteiger charge is 2.40. The van der Waals surface area contributed by atoms with E-state index >= 15 is 0 Å². The van der Waals surface area contributed by atoms with Crippen LogP contribution in [-0.4, -0.2) is 24.5 Å². The number of amides is 2. The number of nitrogens with one attached hydrogen (secondary N) is 1. The van der Waals surface area contributed by atoms with E-state index in [0.29, 0.717) is 12.8 Å². The Balaban J connectivity index is 2.16. The van der Waals surface area contributed by atoms with Crippen molar-refractivity contribution in [3.8, 4) is 0 Å². The van der Waals surface area contributed by atoms with Crippen LogP contribution in [0.15, 0.2) is 30.3 Å². The van der Waals surface area contributed by atoms with Crippen LogP contribution in [0.3, 0.4) is 0 Å². The van der Waals surface area contributed by atoms with E-state index in [2.05, 4.69) is 5.32 Å². The smallest absolute Gasteiger partial charge is 0.254 e. The molecule has 0 aliphatic heterocycles. The van der Waals surface area contributed by atoms with Crippen molar-refractivity contribution in [3.05, 3.63) is 35.9 Å². The molecule has 1 saturated carbocycles. The molecule has 0 heterocycles. The highest BCUT2D eigenvalue weighted by Crippen LogP contribution is 2.29. The van der Waals surface area contributed by atoms with Crippen molar-refractivity contribution in [1.82, 2.24) is 5.32 Å². The maximum atomic E-state index is 12.5. The third-order valence-corrected chi connectivity index (χ3v) is 4.12. The van der Waals surface area contributed by atoms with Crippen molar-refractivity contribution >= 4 is 11.8 Å². The van der Waals surface area contributed by atoms with E-state index in [9.17, 15) is 9.59 Å². The molecular weight excluding hydrogens is 268 g/mol. The Morgan fingerprint density at radius 3 is 2.33 bits per heavy atom. The monoisotopic (exact) mass is 290 g/mol. The Hall–Kier alpha value is -1.88. The Bertz CT molecular complexity index is 496. The predicted octanol–water partition coefficient (Wildman–Crippen LogP) is 1.68. The Morgan fingerprint density at radius 2 is 1.81 bits per heavy atom. The molecule has 1 aromatic rings. The summed E-state index contributed by atoms with van der Waals surface area (Å²) in [5.41, 5.74) is 5.36. The molecule has 5 nitrogen and oxygen atoms in total. The Labute approximate surface area is 124 Å². The van der Waals surface area contributed by atoms with Crippen LogP contribution in [0.1, 0.15) is 43.8 Å². The highest BCUT2D eigenvalue weighted by atomic mass is 16.5. The summed E-state index contributed by atoms with van der Waals surface area (Å²) in [6, 6.07) is 9.22. The summed E-state index contributed by atoms with van der Waals surface area (Å²) in [6.45, 7) is 0. The van der Waals surface area contributed by atoms with Crippen LogP contribution < -0.4 is 11.1 Å². The molecule has 0 radical (unpaired) electrons. The van der Waals surface area contributed by atoms with Crippen LogP contribution in [0.2, 0.25) is 0 Å². The number of rotatable bonds is 5. The number of hydrogen-bond donors (Lipinski definition) is 2. The summed E-state index contributed by atoms with van der Waals surface area (Å²) in [5.74, 6) is -0.775. The summed E-state index contributed by atoms with van der Waals surface area (Å²) < 4.78 is 5.30. The van der Waals surface area contributed by atoms with Gasteiger partial charge in [0, 0.05) is 7.11 Å². The van der Waals surface area contributed by atoms with Crippen LogP contribution in [0.4, 0.5) is 0 Å². The first-order valence-corrected chi connectivity index (χ1v) is 7.29. The molecule has 2 amide bonds. The SMILES string of the molecule is COC(C(=O)NC1(C(N)=O)CCCCC1)c1ccccc1. The maximum absolute atomic E-state index is 12.5. The van der Waals surface area contributed by atoms with E-state index in [0.717, 1.165) is 24.8 Å². The van der Waals surface area contributed by atoms with Crippen molar-refractivity contribution in [3.63, 3.8) is 0 Å². The molecule has 1 aliphatic carbocycles. The van der Waals surface area contributed by atoms with E-state index in [1.54, 1.807) is 0 Å². The molecule has 1 unspecified atom stereocenters. The molecular formula is C16H22N2O3. The maximum Gasteiger partial charge on any atom is 0.254 e.